The molecule has 0 saturated heterocycles. The van der Waals surface area contributed by atoms with Crippen molar-refractivity contribution in [1.29, 1.82) is 0 Å². The monoisotopic (exact) mass is 339 g/mol. The van der Waals surface area contributed by atoms with Gasteiger partial charge >= 0.3 is 0 Å². The first-order valence-corrected chi connectivity index (χ1v) is 8.39. The van der Waals surface area contributed by atoms with Gasteiger partial charge in [-0.25, -0.2) is 15.0 Å². The van der Waals surface area contributed by atoms with Crippen LogP contribution in [0.2, 0.25) is 5.02 Å². The summed E-state index contributed by atoms with van der Waals surface area (Å²) in [5.41, 5.74) is 4.49. The predicted octanol–water partition coefficient (Wildman–Crippen LogP) is 3.39. The van der Waals surface area contributed by atoms with Crippen molar-refractivity contribution >= 4 is 11.6 Å². The number of rotatable bonds is 3. The van der Waals surface area contributed by atoms with E-state index in [2.05, 4.69) is 19.9 Å². The van der Waals surface area contributed by atoms with Crippen LogP contribution in [0.5, 0.6) is 0 Å². The zero-order chi connectivity index (χ0) is 16.5. The Hall–Kier alpha value is -2.24. The van der Waals surface area contributed by atoms with Crippen molar-refractivity contribution < 1.29 is 0 Å². The SMILES string of the molecule is Cc1ncc(CN2CCc3nc(-c4ccc(Cl)cc4)ncc3C2)[nH]1. The minimum absolute atomic E-state index is 0.724. The second-order valence-corrected chi connectivity index (χ2v) is 6.56. The molecule has 0 unspecified atom stereocenters. The third kappa shape index (κ3) is 3.18. The normalized spacial score (nSPS) is 14.6. The zero-order valence-electron chi connectivity index (χ0n) is 13.5. The topological polar surface area (TPSA) is 57.7 Å². The van der Waals surface area contributed by atoms with E-state index in [0.29, 0.717) is 0 Å². The molecule has 0 fully saturated rings. The Morgan fingerprint density at radius 2 is 2.00 bits per heavy atom. The lowest BCUT2D eigenvalue weighted by Gasteiger charge is -2.27. The minimum atomic E-state index is 0.724. The summed E-state index contributed by atoms with van der Waals surface area (Å²) >= 11 is 5.95. The van der Waals surface area contributed by atoms with Crippen molar-refractivity contribution in [2.24, 2.45) is 0 Å². The van der Waals surface area contributed by atoms with Crippen LogP contribution in [0.1, 0.15) is 22.8 Å². The lowest BCUT2D eigenvalue weighted by molar-refractivity contribution is 0.240. The van der Waals surface area contributed by atoms with Crippen LogP contribution in [0.25, 0.3) is 11.4 Å². The molecule has 3 aromatic rings. The lowest BCUT2D eigenvalue weighted by atomic mass is 10.1. The minimum Gasteiger partial charge on any atom is -0.345 e. The smallest absolute Gasteiger partial charge is 0.159 e. The molecular weight excluding hydrogens is 322 g/mol. The van der Waals surface area contributed by atoms with Crippen molar-refractivity contribution in [2.45, 2.75) is 26.4 Å². The molecule has 0 radical (unpaired) electrons. The quantitative estimate of drug-likeness (QED) is 0.794. The zero-order valence-corrected chi connectivity index (χ0v) is 14.2. The number of nitrogens with zero attached hydrogens (tertiary/aromatic N) is 4. The molecule has 6 heteroatoms. The van der Waals surface area contributed by atoms with Crippen LogP contribution in [0.3, 0.4) is 0 Å². The number of imidazole rings is 1. The number of benzene rings is 1. The first-order valence-electron chi connectivity index (χ1n) is 8.01. The molecule has 0 aliphatic carbocycles. The van der Waals surface area contributed by atoms with Gasteiger partial charge in [-0.2, -0.15) is 0 Å². The van der Waals surface area contributed by atoms with Gasteiger partial charge in [0.15, 0.2) is 5.82 Å². The number of hydrogen-bond donors (Lipinski definition) is 1. The van der Waals surface area contributed by atoms with Crippen LogP contribution < -0.4 is 0 Å². The Labute approximate surface area is 145 Å². The van der Waals surface area contributed by atoms with Gasteiger partial charge in [0.25, 0.3) is 0 Å². The number of hydrogen-bond acceptors (Lipinski definition) is 4. The van der Waals surface area contributed by atoms with Gasteiger partial charge < -0.3 is 4.98 Å². The molecule has 3 heterocycles. The van der Waals surface area contributed by atoms with Crippen molar-refractivity contribution in [3.8, 4) is 11.4 Å². The third-order valence-electron chi connectivity index (χ3n) is 4.26. The summed E-state index contributed by atoms with van der Waals surface area (Å²) in [5.74, 6) is 1.72. The van der Waals surface area contributed by atoms with E-state index in [0.717, 1.165) is 59.7 Å². The maximum absolute atomic E-state index is 5.95. The number of nitrogens with one attached hydrogen (secondary N) is 1. The number of aryl methyl sites for hydroxylation is 1. The molecule has 4 rings (SSSR count). The summed E-state index contributed by atoms with van der Waals surface area (Å²) in [6.07, 6.45) is 4.80. The van der Waals surface area contributed by atoms with E-state index in [1.807, 2.05) is 43.6 Å². The summed E-state index contributed by atoms with van der Waals surface area (Å²) in [4.78, 5) is 19.2. The first kappa shape index (κ1) is 15.3. The molecule has 24 heavy (non-hydrogen) atoms. The molecule has 2 aromatic heterocycles. The van der Waals surface area contributed by atoms with Gasteiger partial charge in [0, 0.05) is 60.3 Å². The number of aromatic nitrogens is 4. The second-order valence-electron chi connectivity index (χ2n) is 6.13. The van der Waals surface area contributed by atoms with E-state index in [4.69, 9.17) is 16.6 Å². The highest BCUT2D eigenvalue weighted by Crippen LogP contribution is 2.23. The molecule has 122 valence electrons. The fourth-order valence-electron chi connectivity index (χ4n) is 3.04. The van der Waals surface area contributed by atoms with Crippen molar-refractivity contribution in [2.75, 3.05) is 6.54 Å². The van der Waals surface area contributed by atoms with Crippen LogP contribution in [0.4, 0.5) is 0 Å². The Bertz CT molecular complexity index is 856. The summed E-state index contributed by atoms with van der Waals surface area (Å²) < 4.78 is 0. The standard InChI is InChI=1S/C18H18ClN5/c1-12-20-9-16(22-12)11-24-7-6-17-14(10-24)8-21-18(23-17)13-2-4-15(19)5-3-13/h2-5,8-9H,6-7,10-11H2,1H3,(H,20,22). The fraction of sp³-hybridized carbons (Fsp3) is 0.278. The fourth-order valence-corrected chi connectivity index (χ4v) is 3.17. The Morgan fingerprint density at radius 1 is 1.17 bits per heavy atom. The largest absolute Gasteiger partial charge is 0.345 e. The number of H-pyrrole nitrogens is 1. The highest BCUT2D eigenvalue weighted by Gasteiger charge is 2.19. The molecule has 1 aliphatic rings. The van der Waals surface area contributed by atoms with Gasteiger partial charge in [-0.05, 0) is 31.2 Å². The summed E-state index contributed by atoms with van der Waals surface area (Å²) in [5, 5.41) is 0.724. The van der Waals surface area contributed by atoms with Crippen LogP contribution in [-0.2, 0) is 19.5 Å². The van der Waals surface area contributed by atoms with Gasteiger partial charge in [0.1, 0.15) is 5.82 Å². The molecule has 0 spiro atoms. The maximum Gasteiger partial charge on any atom is 0.159 e. The summed E-state index contributed by atoms with van der Waals surface area (Å²) in [6.45, 7) is 4.71. The average molecular weight is 340 g/mol. The average Bonchev–Trinajstić information content (AvgIpc) is 3.00. The van der Waals surface area contributed by atoms with Crippen LogP contribution in [0, 0.1) is 6.92 Å². The van der Waals surface area contributed by atoms with E-state index in [1.54, 1.807) is 0 Å². The van der Waals surface area contributed by atoms with E-state index in [1.165, 1.54) is 5.56 Å². The lowest BCUT2D eigenvalue weighted by Crippen LogP contribution is -2.31. The molecule has 1 aliphatic heterocycles. The summed E-state index contributed by atoms with van der Waals surface area (Å²) in [6, 6.07) is 7.65. The van der Waals surface area contributed by atoms with Gasteiger partial charge in [0.2, 0.25) is 0 Å². The van der Waals surface area contributed by atoms with Crippen molar-refractivity contribution in [1.82, 2.24) is 24.8 Å². The Balaban J connectivity index is 1.52. The molecule has 0 bridgehead atoms. The Kier molecular flexibility index (Phi) is 4.04. The van der Waals surface area contributed by atoms with Gasteiger partial charge in [-0.3, -0.25) is 4.90 Å². The number of aromatic amines is 1. The molecular formula is C18H18ClN5. The van der Waals surface area contributed by atoms with Crippen LogP contribution >= 0.6 is 11.6 Å². The highest BCUT2D eigenvalue weighted by molar-refractivity contribution is 6.30. The van der Waals surface area contributed by atoms with Crippen molar-refractivity contribution in [3.05, 3.63) is 64.5 Å². The number of halogens is 1. The predicted molar refractivity (Wildman–Crippen MR) is 93.6 cm³/mol. The second kappa shape index (κ2) is 6.34. The van der Waals surface area contributed by atoms with Crippen molar-refractivity contribution in [3.63, 3.8) is 0 Å². The van der Waals surface area contributed by atoms with Gasteiger partial charge in [-0.15, -0.1) is 0 Å². The van der Waals surface area contributed by atoms with Gasteiger partial charge in [0.05, 0.1) is 5.69 Å². The summed E-state index contributed by atoms with van der Waals surface area (Å²) in [7, 11) is 0. The molecule has 5 nitrogen and oxygen atoms in total. The van der Waals surface area contributed by atoms with E-state index >= 15 is 0 Å². The molecule has 0 amide bonds. The van der Waals surface area contributed by atoms with Gasteiger partial charge in [-0.1, -0.05) is 11.6 Å². The Morgan fingerprint density at radius 3 is 2.75 bits per heavy atom. The van der Waals surface area contributed by atoms with E-state index in [9.17, 15) is 0 Å². The van der Waals surface area contributed by atoms with Crippen LogP contribution in [-0.4, -0.2) is 31.4 Å². The van der Waals surface area contributed by atoms with Crippen LogP contribution in [0.15, 0.2) is 36.7 Å². The first-order chi connectivity index (χ1) is 11.7. The molecule has 1 N–H and O–H groups in total. The molecule has 0 atom stereocenters. The van der Waals surface area contributed by atoms with E-state index in [-0.39, 0.29) is 0 Å². The maximum atomic E-state index is 5.95. The third-order valence-corrected chi connectivity index (χ3v) is 4.52. The molecule has 0 saturated carbocycles. The van der Waals surface area contributed by atoms with E-state index < -0.39 is 0 Å². The molecule has 1 aromatic carbocycles. The number of fused-ring (bicyclic) bond motifs is 1. The highest BCUT2D eigenvalue weighted by atomic mass is 35.5.